The number of methoxy groups -OCH3 is 1. The Morgan fingerprint density at radius 2 is 2.17 bits per heavy atom. The highest BCUT2D eigenvalue weighted by Gasteiger charge is 2.31. The Labute approximate surface area is 98.5 Å². The number of fused-ring (bicyclic) bond motifs is 1. The van der Waals surface area contributed by atoms with E-state index in [2.05, 4.69) is 19.4 Å². The number of pyridine rings is 1. The Morgan fingerprint density at radius 1 is 1.44 bits per heavy atom. The van der Waals surface area contributed by atoms with Crippen molar-refractivity contribution in [3.63, 3.8) is 0 Å². The van der Waals surface area contributed by atoms with Gasteiger partial charge in [0, 0.05) is 11.6 Å². The van der Waals surface area contributed by atoms with E-state index in [4.69, 9.17) is 0 Å². The van der Waals surface area contributed by atoms with Crippen LogP contribution in [0, 0.1) is 0 Å². The second kappa shape index (κ2) is 4.21. The van der Waals surface area contributed by atoms with E-state index in [-0.39, 0.29) is 16.6 Å². The quantitative estimate of drug-likeness (QED) is 0.841. The minimum atomic E-state index is -4.81. The van der Waals surface area contributed by atoms with Crippen molar-refractivity contribution in [1.29, 1.82) is 0 Å². The summed E-state index contributed by atoms with van der Waals surface area (Å²) in [5.74, 6) is -1.17. The molecule has 0 atom stereocenters. The fourth-order valence-corrected chi connectivity index (χ4v) is 1.45. The monoisotopic (exact) mass is 260 g/mol. The molecule has 0 unspecified atom stereocenters. The predicted octanol–water partition coefficient (Wildman–Crippen LogP) is 2.25. The minimum absolute atomic E-state index is 0.0904. The van der Waals surface area contributed by atoms with E-state index in [1.54, 1.807) is 0 Å². The van der Waals surface area contributed by atoms with Crippen molar-refractivity contribution in [3.05, 3.63) is 24.0 Å². The van der Waals surface area contributed by atoms with Crippen LogP contribution in [0.1, 0.15) is 10.4 Å². The molecule has 0 aromatic carbocycles. The number of hydrogen-bond donors (Lipinski definition) is 1. The maximum atomic E-state index is 12.0. The average molecular weight is 260 g/mol. The fourth-order valence-electron chi connectivity index (χ4n) is 1.45. The number of ether oxygens (including phenoxy) is 2. The molecule has 0 aliphatic rings. The molecule has 1 N–H and O–H groups in total. The van der Waals surface area contributed by atoms with Crippen LogP contribution in [-0.2, 0) is 4.74 Å². The number of aromatic nitrogens is 2. The molecule has 0 saturated heterocycles. The van der Waals surface area contributed by atoms with E-state index in [0.29, 0.717) is 0 Å². The number of esters is 1. The Kier molecular flexibility index (Phi) is 2.85. The van der Waals surface area contributed by atoms with Crippen molar-refractivity contribution < 1.29 is 27.4 Å². The number of nitrogens with zero attached hydrogens (tertiary/aromatic N) is 1. The Hall–Kier alpha value is -2.25. The normalized spacial score (nSPS) is 11.6. The number of aromatic amines is 1. The smallest absolute Gasteiger partial charge is 0.465 e. The number of carbonyl (C=O) groups excluding carboxylic acids is 1. The molecule has 0 aliphatic heterocycles. The van der Waals surface area contributed by atoms with Gasteiger partial charge in [0.25, 0.3) is 0 Å². The highest BCUT2D eigenvalue weighted by atomic mass is 19.4. The van der Waals surface area contributed by atoms with Crippen molar-refractivity contribution >= 4 is 17.0 Å². The van der Waals surface area contributed by atoms with Crippen LogP contribution in [0.3, 0.4) is 0 Å². The number of halogens is 3. The lowest BCUT2D eigenvalue weighted by Gasteiger charge is -2.08. The summed E-state index contributed by atoms with van der Waals surface area (Å²) in [4.78, 5) is 17.7. The van der Waals surface area contributed by atoms with Crippen molar-refractivity contribution in [2.75, 3.05) is 7.11 Å². The number of rotatable bonds is 2. The van der Waals surface area contributed by atoms with E-state index in [9.17, 15) is 18.0 Å². The van der Waals surface area contributed by atoms with Crippen LogP contribution in [0.15, 0.2) is 18.5 Å². The summed E-state index contributed by atoms with van der Waals surface area (Å²) in [5, 5.41) is 0.198. The van der Waals surface area contributed by atoms with Gasteiger partial charge in [0.1, 0.15) is 11.4 Å². The first-order chi connectivity index (χ1) is 8.40. The first-order valence-electron chi connectivity index (χ1n) is 4.72. The van der Waals surface area contributed by atoms with Crippen molar-refractivity contribution in [1.82, 2.24) is 9.97 Å². The second-order valence-corrected chi connectivity index (χ2v) is 3.31. The highest BCUT2D eigenvalue weighted by Crippen LogP contribution is 2.26. The molecule has 2 heterocycles. The first-order valence-corrected chi connectivity index (χ1v) is 4.72. The summed E-state index contributed by atoms with van der Waals surface area (Å²) in [6.07, 6.45) is -2.59. The van der Waals surface area contributed by atoms with Gasteiger partial charge in [0.05, 0.1) is 18.9 Å². The van der Waals surface area contributed by atoms with Crippen LogP contribution in [0.4, 0.5) is 13.2 Å². The number of nitrogens with one attached hydrogen (secondary N) is 1. The standard InChI is InChI=1S/C10H7F3N2O3/c1-17-9(16)7-4-15-8-6(7)2-5(3-14-8)18-10(11,12)13/h2-4H,1H3,(H,14,15). The molecule has 18 heavy (non-hydrogen) atoms. The van der Waals surface area contributed by atoms with Crippen LogP contribution >= 0.6 is 0 Å². The largest absolute Gasteiger partial charge is 0.573 e. The molecule has 96 valence electrons. The minimum Gasteiger partial charge on any atom is -0.465 e. The average Bonchev–Trinajstić information content (AvgIpc) is 2.69. The van der Waals surface area contributed by atoms with Gasteiger partial charge in [-0.3, -0.25) is 0 Å². The molecule has 2 rings (SSSR count). The summed E-state index contributed by atoms with van der Waals surface area (Å²) in [7, 11) is 1.17. The van der Waals surface area contributed by atoms with Gasteiger partial charge >= 0.3 is 12.3 Å². The SMILES string of the molecule is COC(=O)c1c[nH]c2ncc(OC(F)(F)F)cc12. The Morgan fingerprint density at radius 3 is 2.78 bits per heavy atom. The van der Waals surface area contributed by atoms with Gasteiger partial charge in [-0.25, -0.2) is 9.78 Å². The fraction of sp³-hybridized carbons (Fsp3) is 0.200. The molecule has 0 bridgehead atoms. The van der Waals surface area contributed by atoms with E-state index in [1.807, 2.05) is 0 Å². The van der Waals surface area contributed by atoms with Gasteiger partial charge in [-0.2, -0.15) is 0 Å². The van der Waals surface area contributed by atoms with Crippen molar-refractivity contribution in [2.24, 2.45) is 0 Å². The zero-order valence-corrected chi connectivity index (χ0v) is 9.04. The van der Waals surface area contributed by atoms with Gasteiger partial charge in [-0.15, -0.1) is 13.2 Å². The van der Waals surface area contributed by atoms with E-state index < -0.39 is 18.1 Å². The van der Waals surface area contributed by atoms with Crippen molar-refractivity contribution in [3.8, 4) is 5.75 Å². The summed E-state index contributed by atoms with van der Waals surface area (Å²) in [5.41, 5.74) is 0.359. The summed E-state index contributed by atoms with van der Waals surface area (Å²) >= 11 is 0. The van der Waals surface area contributed by atoms with Gasteiger partial charge in [-0.1, -0.05) is 0 Å². The van der Waals surface area contributed by atoms with Crippen molar-refractivity contribution in [2.45, 2.75) is 6.36 Å². The van der Waals surface area contributed by atoms with Crippen LogP contribution < -0.4 is 4.74 Å². The molecule has 0 saturated carbocycles. The molecule has 0 amide bonds. The molecule has 2 aromatic heterocycles. The van der Waals surface area contributed by atoms with E-state index in [1.165, 1.54) is 13.3 Å². The summed E-state index contributed by atoms with van der Waals surface area (Å²) < 4.78 is 44.3. The molecule has 5 nitrogen and oxygen atoms in total. The molecule has 0 radical (unpaired) electrons. The first kappa shape index (κ1) is 12.2. The lowest BCUT2D eigenvalue weighted by molar-refractivity contribution is -0.274. The van der Waals surface area contributed by atoms with Gasteiger partial charge in [0.2, 0.25) is 0 Å². The van der Waals surface area contributed by atoms with Gasteiger partial charge in [0.15, 0.2) is 0 Å². The molecule has 0 spiro atoms. The number of alkyl halides is 3. The lowest BCUT2D eigenvalue weighted by atomic mass is 10.2. The molecule has 0 aliphatic carbocycles. The zero-order valence-electron chi connectivity index (χ0n) is 9.04. The third-order valence-electron chi connectivity index (χ3n) is 2.14. The molecule has 8 heteroatoms. The third kappa shape index (κ3) is 2.36. The van der Waals surface area contributed by atoms with Crippen LogP contribution in [0.25, 0.3) is 11.0 Å². The van der Waals surface area contributed by atoms with Gasteiger partial charge < -0.3 is 14.5 Å². The number of H-pyrrole nitrogens is 1. The molecular weight excluding hydrogens is 253 g/mol. The van der Waals surface area contributed by atoms with Crippen LogP contribution in [0.5, 0.6) is 5.75 Å². The highest BCUT2D eigenvalue weighted by molar-refractivity contribution is 6.03. The van der Waals surface area contributed by atoms with E-state index in [0.717, 1.165) is 12.3 Å². The molecule has 0 fully saturated rings. The summed E-state index contributed by atoms with van der Waals surface area (Å²) in [6.45, 7) is 0. The Balaban J connectivity index is 2.45. The maximum Gasteiger partial charge on any atom is 0.573 e. The van der Waals surface area contributed by atoms with Gasteiger partial charge in [-0.05, 0) is 6.07 Å². The maximum absolute atomic E-state index is 12.0. The Bertz CT molecular complexity index is 592. The lowest BCUT2D eigenvalue weighted by Crippen LogP contribution is -2.17. The number of carbonyl (C=O) groups is 1. The zero-order chi connectivity index (χ0) is 13.3. The summed E-state index contributed by atoms with van der Waals surface area (Å²) in [6, 6.07) is 1.07. The molecule has 2 aromatic rings. The predicted molar refractivity (Wildman–Crippen MR) is 54.1 cm³/mol. The van der Waals surface area contributed by atoms with E-state index >= 15 is 0 Å². The topological polar surface area (TPSA) is 64.2 Å². The second-order valence-electron chi connectivity index (χ2n) is 3.31. The third-order valence-corrected chi connectivity index (χ3v) is 2.14. The molecular formula is C10H7F3N2O3. The van der Waals surface area contributed by atoms with Crippen LogP contribution in [-0.4, -0.2) is 29.4 Å². The van der Waals surface area contributed by atoms with Crippen LogP contribution in [0.2, 0.25) is 0 Å². The number of hydrogen-bond acceptors (Lipinski definition) is 4.